The molecule has 0 bridgehead atoms. The molecular formula is C17H24ClFN2. The average Bonchev–Trinajstić information content (AvgIpc) is 2.81. The minimum absolute atomic E-state index is 0.209. The summed E-state index contributed by atoms with van der Waals surface area (Å²) in [5.41, 5.74) is 1.75. The van der Waals surface area contributed by atoms with Crippen molar-refractivity contribution in [1.29, 1.82) is 0 Å². The molecule has 2 nitrogen and oxygen atoms in total. The molecular weight excluding hydrogens is 287 g/mol. The van der Waals surface area contributed by atoms with Gasteiger partial charge in [0.25, 0.3) is 0 Å². The minimum atomic E-state index is -0.209. The molecule has 0 aliphatic rings. The van der Waals surface area contributed by atoms with E-state index in [0.29, 0.717) is 11.9 Å². The van der Waals surface area contributed by atoms with Gasteiger partial charge in [-0.05, 0) is 31.5 Å². The summed E-state index contributed by atoms with van der Waals surface area (Å²) in [5, 5.41) is 0. The second-order valence-electron chi connectivity index (χ2n) is 5.67. The highest BCUT2D eigenvalue weighted by Crippen LogP contribution is 2.26. The molecule has 1 heterocycles. The Kier molecular flexibility index (Phi) is 6.04. The number of rotatable bonds is 8. The van der Waals surface area contributed by atoms with E-state index >= 15 is 0 Å². The Morgan fingerprint density at radius 3 is 2.81 bits per heavy atom. The summed E-state index contributed by atoms with van der Waals surface area (Å²) < 4.78 is 15.7. The van der Waals surface area contributed by atoms with Gasteiger partial charge in [0.15, 0.2) is 0 Å². The average molecular weight is 311 g/mol. The molecule has 2 aromatic rings. The van der Waals surface area contributed by atoms with E-state index in [-0.39, 0.29) is 5.82 Å². The molecule has 0 aliphatic carbocycles. The monoisotopic (exact) mass is 310 g/mol. The second-order valence-corrected chi connectivity index (χ2v) is 6.05. The maximum absolute atomic E-state index is 13.6. The van der Waals surface area contributed by atoms with Crippen molar-refractivity contribution < 1.29 is 4.39 Å². The van der Waals surface area contributed by atoms with Crippen LogP contribution in [0.5, 0.6) is 0 Å². The Morgan fingerprint density at radius 1 is 1.29 bits per heavy atom. The zero-order valence-corrected chi connectivity index (χ0v) is 13.7. The van der Waals surface area contributed by atoms with Crippen LogP contribution in [0.3, 0.4) is 0 Å². The molecule has 0 saturated heterocycles. The van der Waals surface area contributed by atoms with Crippen molar-refractivity contribution in [3.05, 3.63) is 29.8 Å². The van der Waals surface area contributed by atoms with Crippen LogP contribution in [0.15, 0.2) is 18.2 Å². The minimum Gasteiger partial charge on any atom is -0.325 e. The van der Waals surface area contributed by atoms with Gasteiger partial charge < -0.3 is 4.57 Å². The molecule has 0 amide bonds. The van der Waals surface area contributed by atoms with Crippen LogP contribution in [0.2, 0.25) is 0 Å². The summed E-state index contributed by atoms with van der Waals surface area (Å²) in [6.45, 7) is 4.41. The van der Waals surface area contributed by atoms with Crippen LogP contribution in [-0.2, 0) is 6.42 Å². The maximum atomic E-state index is 13.6. The Hall–Kier alpha value is -1.09. The maximum Gasteiger partial charge on any atom is 0.125 e. The van der Waals surface area contributed by atoms with Crippen LogP contribution < -0.4 is 0 Å². The first-order valence-corrected chi connectivity index (χ1v) is 8.43. The van der Waals surface area contributed by atoms with Gasteiger partial charge in [0.1, 0.15) is 11.6 Å². The summed E-state index contributed by atoms with van der Waals surface area (Å²) >= 11 is 5.89. The first kappa shape index (κ1) is 16.3. The summed E-state index contributed by atoms with van der Waals surface area (Å²) in [6, 6.07) is 5.13. The molecule has 1 atom stereocenters. The molecule has 0 radical (unpaired) electrons. The van der Waals surface area contributed by atoms with Crippen molar-refractivity contribution in [3.8, 4) is 0 Å². The molecule has 116 valence electrons. The smallest absolute Gasteiger partial charge is 0.125 e. The lowest BCUT2D eigenvalue weighted by molar-refractivity contribution is 0.469. The topological polar surface area (TPSA) is 17.8 Å². The number of aromatic nitrogens is 2. The van der Waals surface area contributed by atoms with E-state index in [1.165, 1.54) is 31.7 Å². The first-order valence-electron chi connectivity index (χ1n) is 7.89. The van der Waals surface area contributed by atoms with Gasteiger partial charge in [-0.2, -0.15) is 0 Å². The molecule has 0 saturated carbocycles. The van der Waals surface area contributed by atoms with Crippen molar-refractivity contribution in [2.75, 3.05) is 5.88 Å². The van der Waals surface area contributed by atoms with E-state index < -0.39 is 0 Å². The molecule has 0 fully saturated rings. The number of benzene rings is 1. The molecule has 4 heteroatoms. The highest BCUT2D eigenvalue weighted by Gasteiger charge is 2.15. The molecule has 21 heavy (non-hydrogen) atoms. The van der Waals surface area contributed by atoms with Gasteiger partial charge in [0.2, 0.25) is 0 Å². The van der Waals surface area contributed by atoms with E-state index in [0.717, 1.165) is 29.7 Å². The third kappa shape index (κ3) is 3.97. The first-order chi connectivity index (χ1) is 10.2. The summed E-state index contributed by atoms with van der Waals surface area (Å²) in [6.07, 6.45) is 6.79. The van der Waals surface area contributed by atoms with Gasteiger partial charge >= 0.3 is 0 Å². The van der Waals surface area contributed by atoms with Crippen molar-refractivity contribution >= 4 is 22.6 Å². The second kappa shape index (κ2) is 7.79. The van der Waals surface area contributed by atoms with E-state index in [9.17, 15) is 4.39 Å². The van der Waals surface area contributed by atoms with Gasteiger partial charge in [0, 0.05) is 18.3 Å². The van der Waals surface area contributed by atoms with Crippen LogP contribution in [0.1, 0.15) is 57.8 Å². The van der Waals surface area contributed by atoms with Crippen LogP contribution in [0.4, 0.5) is 4.39 Å². The summed E-state index contributed by atoms with van der Waals surface area (Å²) in [5.74, 6) is 1.29. The largest absolute Gasteiger partial charge is 0.325 e. The number of unbranched alkanes of at least 4 members (excludes halogenated alkanes) is 3. The van der Waals surface area contributed by atoms with E-state index in [4.69, 9.17) is 11.6 Å². The number of alkyl halides is 1. The molecule has 0 spiro atoms. The Balaban J connectivity index is 2.25. The van der Waals surface area contributed by atoms with Crippen LogP contribution >= 0.6 is 11.6 Å². The van der Waals surface area contributed by atoms with Crippen molar-refractivity contribution in [1.82, 2.24) is 9.55 Å². The fraction of sp³-hybridized carbons (Fsp3) is 0.588. The van der Waals surface area contributed by atoms with Crippen molar-refractivity contribution in [2.24, 2.45) is 0 Å². The summed E-state index contributed by atoms with van der Waals surface area (Å²) in [7, 11) is 0. The Bertz CT molecular complexity index is 579. The molecule has 0 N–H and O–H groups in total. The normalized spacial score (nSPS) is 13.0. The lowest BCUT2D eigenvalue weighted by Gasteiger charge is -2.17. The lowest BCUT2D eigenvalue weighted by Crippen LogP contribution is -2.10. The molecule has 2 rings (SSSR count). The third-order valence-electron chi connectivity index (χ3n) is 3.96. The Morgan fingerprint density at radius 2 is 2.10 bits per heavy atom. The lowest BCUT2D eigenvalue weighted by atomic mass is 10.1. The predicted molar refractivity (Wildman–Crippen MR) is 87.6 cm³/mol. The predicted octanol–water partition coefficient (Wildman–Crippen LogP) is 5.49. The number of aryl methyl sites for hydroxylation is 1. The molecule has 1 aromatic carbocycles. The van der Waals surface area contributed by atoms with Gasteiger partial charge in [-0.3, -0.25) is 0 Å². The highest BCUT2D eigenvalue weighted by atomic mass is 35.5. The summed E-state index contributed by atoms with van der Waals surface area (Å²) in [4.78, 5) is 4.62. The number of hydrogen-bond acceptors (Lipinski definition) is 1. The molecule has 1 unspecified atom stereocenters. The van der Waals surface area contributed by atoms with E-state index in [2.05, 4.69) is 23.4 Å². The zero-order chi connectivity index (χ0) is 15.2. The zero-order valence-electron chi connectivity index (χ0n) is 12.9. The van der Waals surface area contributed by atoms with Gasteiger partial charge in [0.05, 0.1) is 11.0 Å². The SMILES string of the molecule is CCCCCCC(C)n1c(CCCl)nc2ccc(F)cc21. The number of imidazole rings is 1. The van der Waals surface area contributed by atoms with Crippen molar-refractivity contribution in [3.63, 3.8) is 0 Å². The number of nitrogens with zero attached hydrogens (tertiary/aromatic N) is 2. The molecule has 0 aliphatic heterocycles. The van der Waals surface area contributed by atoms with Crippen molar-refractivity contribution in [2.45, 2.75) is 58.4 Å². The number of hydrogen-bond donors (Lipinski definition) is 0. The van der Waals surface area contributed by atoms with Gasteiger partial charge in [-0.1, -0.05) is 32.6 Å². The van der Waals surface area contributed by atoms with Gasteiger partial charge in [-0.25, -0.2) is 9.37 Å². The fourth-order valence-electron chi connectivity index (χ4n) is 2.86. The molecule has 1 aromatic heterocycles. The van der Waals surface area contributed by atoms with Crippen LogP contribution in [0, 0.1) is 5.82 Å². The standard InChI is InChI=1S/C17H24ClFN2/c1-3-4-5-6-7-13(2)21-16-12-14(19)8-9-15(16)20-17(21)10-11-18/h8-9,12-13H,3-7,10-11H2,1-2H3. The van der Waals surface area contributed by atoms with E-state index in [1.54, 1.807) is 12.1 Å². The van der Waals surface area contributed by atoms with E-state index in [1.807, 2.05) is 0 Å². The van der Waals surface area contributed by atoms with Crippen LogP contribution in [-0.4, -0.2) is 15.4 Å². The Labute approximate surface area is 131 Å². The van der Waals surface area contributed by atoms with Crippen LogP contribution in [0.25, 0.3) is 11.0 Å². The van der Waals surface area contributed by atoms with Gasteiger partial charge in [-0.15, -0.1) is 11.6 Å². The quantitative estimate of drug-likeness (QED) is 0.466. The number of fused-ring (bicyclic) bond motifs is 1. The third-order valence-corrected chi connectivity index (χ3v) is 4.15. The fourth-order valence-corrected chi connectivity index (χ4v) is 3.03. The highest BCUT2D eigenvalue weighted by molar-refractivity contribution is 6.17. The number of halogens is 2.